The minimum atomic E-state index is -3.55. The summed E-state index contributed by atoms with van der Waals surface area (Å²) in [5.74, 6) is 0.723. The number of para-hydroxylation sites is 1. The van der Waals surface area contributed by atoms with Gasteiger partial charge in [-0.1, -0.05) is 18.2 Å². The Bertz CT molecular complexity index is 770. The number of aryl methyl sites for hydroxylation is 1. The number of methoxy groups -OCH3 is 1. The molecule has 0 radical (unpaired) electrons. The first kappa shape index (κ1) is 15.1. The standard InChI is InChI=1S/C15H19N3O3S/c1-17-11-12(10-16-17)22(19,20)18-9-5-7-14(18)13-6-3-4-8-15(13)21-2/h3-4,6,8,10-11,14H,5,7,9H2,1-2H3. The fraction of sp³-hybridized carbons (Fsp3) is 0.400. The van der Waals surface area contributed by atoms with Gasteiger partial charge in [0.05, 0.1) is 19.3 Å². The maximum absolute atomic E-state index is 12.9. The summed E-state index contributed by atoms with van der Waals surface area (Å²) in [4.78, 5) is 0.233. The second-order valence-electron chi connectivity index (χ2n) is 5.37. The molecule has 1 unspecified atom stereocenters. The highest BCUT2D eigenvalue weighted by molar-refractivity contribution is 7.89. The van der Waals surface area contributed by atoms with Crippen LogP contribution in [0.5, 0.6) is 5.75 Å². The Hall–Kier alpha value is -1.86. The highest BCUT2D eigenvalue weighted by Crippen LogP contribution is 2.39. The van der Waals surface area contributed by atoms with Crippen molar-refractivity contribution >= 4 is 10.0 Å². The average molecular weight is 321 g/mol. The second kappa shape index (κ2) is 5.73. The Balaban J connectivity index is 2.00. The summed E-state index contributed by atoms with van der Waals surface area (Å²) < 4.78 is 34.2. The molecule has 2 heterocycles. The highest BCUT2D eigenvalue weighted by Gasteiger charge is 2.37. The molecule has 1 aliphatic heterocycles. The van der Waals surface area contributed by atoms with Crippen molar-refractivity contribution in [1.29, 1.82) is 0 Å². The predicted octanol–water partition coefficient (Wildman–Crippen LogP) is 1.95. The van der Waals surface area contributed by atoms with Crippen molar-refractivity contribution in [3.63, 3.8) is 0 Å². The van der Waals surface area contributed by atoms with E-state index in [1.165, 1.54) is 17.1 Å². The van der Waals surface area contributed by atoms with E-state index in [1.807, 2.05) is 24.3 Å². The molecule has 1 atom stereocenters. The van der Waals surface area contributed by atoms with Gasteiger partial charge in [-0.05, 0) is 18.9 Å². The van der Waals surface area contributed by atoms with Crippen LogP contribution in [0, 0.1) is 0 Å². The van der Waals surface area contributed by atoms with Crippen LogP contribution in [0.15, 0.2) is 41.6 Å². The van der Waals surface area contributed by atoms with Crippen LogP contribution in [0.25, 0.3) is 0 Å². The van der Waals surface area contributed by atoms with E-state index in [1.54, 1.807) is 18.5 Å². The number of ether oxygens (including phenoxy) is 1. The molecule has 1 aliphatic rings. The number of hydrogen-bond acceptors (Lipinski definition) is 4. The van der Waals surface area contributed by atoms with E-state index in [0.29, 0.717) is 6.54 Å². The minimum absolute atomic E-state index is 0.193. The normalized spacial score (nSPS) is 19.5. The molecule has 2 aromatic rings. The van der Waals surface area contributed by atoms with Crippen LogP contribution in [-0.4, -0.2) is 36.2 Å². The molecule has 1 saturated heterocycles. The topological polar surface area (TPSA) is 64.4 Å². The lowest BCUT2D eigenvalue weighted by atomic mass is 10.0. The molecule has 1 aromatic heterocycles. The molecule has 1 aromatic carbocycles. The van der Waals surface area contributed by atoms with E-state index < -0.39 is 10.0 Å². The summed E-state index contributed by atoms with van der Waals surface area (Å²) in [7, 11) is -0.232. The third kappa shape index (κ3) is 2.50. The lowest BCUT2D eigenvalue weighted by Gasteiger charge is -2.25. The van der Waals surface area contributed by atoms with Crippen molar-refractivity contribution < 1.29 is 13.2 Å². The zero-order valence-electron chi connectivity index (χ0n) is 12.6. The predicted molar refractivity (Wildman–Crippen MR) is 82.1 cm³/mol. The molecule has 22 heavy (non-hydrogen) atoms. The molecule has 3 rings (SSSR count). The van der Waals surface area contributed by atoms with Gasteiger partial charge in [0.15, 0.2) is 0 Å². The number of sulfonamides is 1. The first-order valence-corrected chi connectivity index (χ1v) is 8.61. The summed E-state index contributed by atoms with van der Waals surface area (Å²) in [6, 6.07) is 7.40. The summed E-state index contributed by atoms with van der Waals surface area (Å²) in [5, 5.41) is 3.97. The molecule has 118 valence electrons. The van der Waals surface area contributed by atoms with E-state index in [9.17, 15) is 8.42 Å². The molecular formula is C15H19N3O3S. The molecular weight excluding hydrogens is 302 g/mol. The van der Waals surface area contributed by atoms with Gasteiger partial charge in [-0.15, -0.1) is 0 Å². The van der Waals surface area contributed by atoms with E-state index in [0.717, 1.165) is 24.2 Å². The van der Waals surface area contributed by atoms with Gasteiger partial charge >= 0.3 is 0 Å². The zero-order chi connectivity index (χ0) is 15.7. The molecule has 0 spiro atoms. The van der Waals surface area contributed by atoms with Crippen LogP contribution in [0.3, 0.4) is 0 Å². The van der Waals surface area contributed by atoms with Crippen molar-refractivity contribution in [3.05, 3.63) is 42.2 Å². The second-order valence-corrected chi connectivity index (χ2v) is 7.26. The Labute approximate surface area is 130 Å². The Morgan fingerprint density at radius 2 is 2.09 bits per heavy atom. The highest BCUT2D eigenvalue weighted by atomic mass is 32.2. The first-order chi connectivity index (χ1) is 10.5. The van der Waals surface area contributed by atoms with Crippen molar-refractivity contribution in [1.82, 2.24) is 14.1 Å². The quantitative estimate of drug-likeness (QED) is 0.863. The zero-order valence-corrected chi connectivity index (χ0v) is 13.5. The lowest BCUT2D eigenvalue weighted by Crippen LogP contribution is -2.30. The summed E-state index contributed by atoms with van der Waals surface area (Å²) >= 11 is 0. The number of benzene rings is 1. The van der Waals surface area contributed by atoms with Crippen molar-refractivity contribution in [2.24, 2.45) is 7.05 Å². The van der Waals surface area contributed by atoms with Crippen molar-refractivity contribution in [2.45, 2.75) is 23.8 Å². The van der Waals surface area contributed by atoms with Gasteiger partial charge in [-0.3, -0.25) is 4.68 Å². The van der Waals surface area contributed by atoms with Gasteiger partial charge < -0.3 is 4.74 Å². The molecule has 1 fully saturated rings. The largest absolute Gasteiger partial charge is 0.496 e. The van der Waals surface area contributed by atoms with Crippen molar-refractivity contribution in [2.75, 3.05) is 13.7 Å². The number of hydrogen-bond donors (Lipinski definition) is 0. The van der Waals surface area contributed by atoms with Gasteiger partial charge in [0.2, 0.25) is 10.0 Å². The molecule has 0 aliphatic carbocycles. The fourth-order valence-electron chi connectivity index (χ4n) is 2.95. The maximum atomic E-state index is 12.9. The summed E-state index contributed by atoms with van der Waals surface area (Å²) in [6.07, 6.45) is 4.56. The Morgan fingerprint density at radius 1 is 1.32 bits per heavy atom. The van der Waals surface area contributed by atoms with Gasteiger partial charge in [-0.25, -0.2) is 8.42 Å². The summed E-state index contributed by atoms with van der Waals surface area (Å²) in [6.45, 7) is 0.514. The van der Waals surface area contributed by atoms with E-state index >= 15 is 0 Å². The third-order valence-electron chi connectivity index (χ3n) is 3.99. The lowest BCUT2D eigenvalue weighted by molar-refractivity contribution is 0.366. The van der Waals surface area contributed by atoms with Gasteiger partial charge in [0, 0.05) is 25.4 Å². The summed E-state index contributed by atoms with van der Waals surface area (Å²) in [5.41, 5.74) is 0.912. The Kier molecular flexibility index (Phi) is 3.92. The van der Waals surface area contributed by atoms with E-state index in [2.05, 4.69) is 5.10 Å². The molecule has 0 amide bonds. The smallest absolute Gasteiger partial charge is 0.246 e. The molecule has 6 nitrogen and oxygen atoms in total. The minimum Gasteiger partial charge on any atom is -0.496 e. The number of aromatic nitrogens is 2. The van der Waals surface area contributed by atoms with Gasteiger partial charge in [0.25, 0.3) is 0 Å². The molecule has 0 N–H and O–H groups in total. The fourth-order valence-corrected chi connectivity index (χ4v) is 4.61. The van der Waals surface area contributed by atoms with Crippen LogP contribution < -0.4 is 4.74 Å². The average Bonchev–Trinajstić information content (AvgIpc) is 3.16. The van der Waals surface area contributed by atoms with Crippen molar-refractivity contribution in [3.8, 4) is 5.75 Å². The molecule has 7 heteroatoms. The number of nitrogens with zero attached hydrogens (tertiary/aromatic N) is 3. The molecule has 0 bridgehead atoms. The molecule has 0 saturated carbocycles. The van der Waals surface area contributed by atoms with Crippen LogP contribution in [0.2, 0.25) is 0 Å². The first-order valence-electron chi connectivity index (χ1n) is 7.17. The number of rotatable bonds is 4. The Morgan fingerprint density at radius 3 is 2.77 bits per heavy atom. The third-order valence-corrected chi connectivity index (χ3v) is 5.85. The van der Waals surface area contributed by atoms with E-state index in [-0.39, 0.29) is 10.9 Å². The maximum Gasteiger partial charge on any atom is 0.246 e. The van der Waals surface area contributed by atoms with Gasteiger partial charge in [0.1, 0.15) is 10.6 Å². The van der Waals surface area contributed by atoms with Crippen LogP contribution in [0.4, 0.5) is 0 Å². The monoisotopic (exact) mass is 321 g/mol. The van der Waals surface area contributed by atoms with Crippen LogP contribution >= 0.6 is 0 Å². The van der Waals surface area contributed by atoms with Crippen LogP contribution in [-0.2, 0) is 17.1 Å². The van der Waals surface area contributed by atoms with Crippen LogP contribution in [0.1, 0.15) is 24.4 Å². The van der Waals surface area contributed by atoms with E-state index in [4.69, 9.17) is 4.74 Å². The van der Waals surface area contributed by atoms with Gasteiger partial charge in [-0.2, -0.15) is 9.40 Å². The SMILES string of the molecule is COc1ccccc1C1CCCN1S(=O)(=O)c1cnn(C)c1.